The predicted octanol–water partition coefficient (Wildman–Crippen LogP) is 6.43. The molecule has 1 aliphatic heterocycles. The highest BCUT2D eigenvalue weighted by molar-refractivity contribution is 6.31. The van der Waals surface area contributed by atoms with Gasteiger partial charge in [0.25, 0.3) is 5.56 Å². The van der Waals surface area contributed by atoms with Gasteiger partial charge in [-0.25, -0.2) is 4.39 Å². The maximum atomic E-state index is 13.7. The second kappa shape index (κ2) is 9.23. The van der Waals surface area contributed by atoms with Crippen molar-refractivity contribution >= 4 is 39.8 Å². The van der Waals surface area contributed by atoms with Gasteiger partial charge in [-0.15, -0.1) is 0 Å². The summed E-state index contributed by atoms with van der Waals surface area (Å²) in [5.74, 6) is -0.975. The molecule has 0 aliphatic carbocycles. The lowest BCUT2D eigenvalue weighted by Crippen LogP contribution is -2.44. The average Bonchev–Trinajstić information content (AvgIpc) is 2.81. The third-order valence-electron chi connectivity index (χ3n) is 6.71. The Morgan fingerprint density at radius 3 is 2.51 bits per heavy atom. The molecule has 0 amide bonds. The van der Waals surface area contributed by atoms with E-state index in [4.69, 9.17) is 23.2 Å². The third-order valence-corrected chi connectivity index (χ3v) is 7.19. The van der Waals surface area contributed by atoms with Crippen LogP contribution in [-0.2, 0) is 0 Å². The van der Waals surface area contributed by atoms with Crippen molar-refractivity contribution in [1.82, 2.24) is 4.98 Å². The van der Waals surface area contributed by atoms with E-state index in [2.05, 4.69) is 9.98 Å². The number of fused-ring (bicyclic) bond motifs is 1. The molecular formula is C28H23Cl2FN2O2. The minimum absolute atomic E-state index is 0.208. The normalized spacial score (nSPS) is 18.9. The summed E-state index contributed by atoms with van der Waals surface area (Å²) >= 11 is 12.4. The van der Waals surface area contributed by atoms with Crippen LogP contribution >= 0.6 is 23.2 Å². The van der Waals surface area contributed by atoms with E-state index >= 15 is 0 Å². The molecule has 0 fully saturated rings. The number of halogens is 3. The Hall–Kier alpha value is -2.99. The van der Waals surface area contributed by atoms with Crippen molar-refractivity contribution in [3.8, 4) is 0 Å². The van der Waals surface area contributed by atoms with Crippen molar-refractivity contribution in [3.63, 3.8) is 0 Å². The molecule has 35 heavy (non-hydrogen) atoms. The van der Waals surface area contributed by atoms with Gasteiger partial charge in [-0.2, -0.15) is 0 Å². The summed E-state index contributed by atoms with van der Waals surface area (Å²) in [6.45, 7) is 2.20. The molecule has 0 bridgehead atoms. The van der Waals surface area contributed by atoms with Crippen LogP contribution in [0.4, 0.5) is 4.39 Å². The minimum Gasteiger partial charge on any atom is -0.388 e. The van der Waals surface area contributed by atoms with E-state index in [1.807, 2.05) is 19.1 Å². The molecule has 3 aromatic carbocycles. The Morgan fingerprint density at radius 2 is 1.77 bits per heavy atom. The number of nitrogens with one attached hydrogen (secondary N) is 1. The summed E-state index contributed by atoms with van der Waals surface area (Å²) in [5.41, 5.74) is 2.49. The summed E-state index contributed by atoms with van der Waals surface area (Å²) in [6.07, 6.45) is 0.566. The first-order valence-electron chi connectivity index (χ1n) is 11.3. The predicted molar refractivity (Wildman–Crippen MR) is 140 cm³/mol. The van der Waals surface area contributed by atoms with E-state index in [0.717, 1.165) is 22.1 Å². The van der Waals surface area contributed by atoms with Gasteiger partial charge in [0.05, 0.1) is 5.60 Å². The largest absolute Gasteiger partial charge is 0.388 e. The number of aromatic nitrogens is 1. The molecule has 4 aromatic rings. The van der Waals surface area contributed by atoms with Gasteiger partial charge in [-0.05, 0) is 90.0 Å². The van der Waals surface area contributed by atoms with Crippen LogP contribution in [0.3, 0.4) is 0 Å². The minimum atomic E-state index is -1.31. The molecule has 1 aliphatic rings. The Balaban J connectivity index is 1.66. The number of hydrogen-bond acceptors (Lipinski definition) is 3. The summed E-state index contributed by atoms with van der Waals surface area (Å²) < 4.78 is 13.7. The van der Waals surface area contributed by atoms with Gasteiger partial charge in [0.15, 0.2) is 0 Å². The van der Waals surface area contributed by atoms with Gasteiger partial charge < -0.3 is 10.1 Å². The first-order chi connectivity index (χ1) is 16.7. The monoisotopic (exact) mass is 508 g/mol. The van der Waals surface area contributed by atoms with Gasteiger partial charge in [-0.3, -0.25) is 9.79 Å². The zero-order valence-corrected chi connectivity index (χ0v) is 20.5. The van der Waals surface area contributed by atoms with Crippen molar-refractivity contribution in [2.24, 2.45) is 4.99 Å². The highest BCUT2D eigenvalue weighted by Gasteiger charge is 2.43. The number of rotatable bonds is 4. The molecular weight excluding hydrogens is 486 g/mol. The van der Waals surface area contributed by atoms with Gasteiger partial charge in [0.1, 0.15) is 5.82 Å². The lowest BCUT2D eigenvalue weighted by atomic mass is 9.71. The van der Waals surface area contributed by atoms with Crippen molar-refractivity contribution in [3.05, 3.63) is 115 Å². The number of aliphatic imine (C=N–C) groups is 1. The molecule has 7 heteroatoms. The fraction of sp³-hybridized carbons (Fsp3) is 0.214. The third kappa shape index (κ3) is 4.64. The molecule has 2 atom stereocenters. The molecule has 178 valence electrons. The second-order valence-electron chi connectivity index (χ2n) is 9.09. The van der Waals surface area contributed by atoms with E-state index in [1.54, 1.807) is 42.5 Å². The van der Waals surface area contributed by atoms with Crippen LogP contribution in [0.5, 0.6) is 0 Å². The molecule has 4 nitrogen and oxygen atoms in total. The maximum absolute atomic E-state index is 13.7. The van der Waals surface area contributed by atoms with Gasteiger partial charge in [0, 0.05) is 45.7 Å². The number of aryl methyl sites for hydroxylation is 1. The first kappa shape index (κ1) is 23.7. The zero-order chi connectivity index (χ0) is 24.7. The first-order valence-corrected chi connectivity index (χ1v) is 12.1. The van der Waals surface area contributed by atoms with Crippen LogP contribution in [0.2, 0.25) is 10.0 Å². The fourth-order valence-corrected chi connectivity index (χ4v) is 5.35. The molecule has 0 spiro atoms. The van der Waals surface area contributed by atoms with Crippen LogP contribution in [0, 0.1) is 12.7 Å². The molecule has 2 N–H and O–H groups in total. The van der Waals surface area contributed by atoms with Gasteiger partial charge >= 0.3 is 0 Å². The van der Waals surface area contributed by atoms with Crippen molar-refractivity contribution in [2.45, 2.75) is 31.3 Å². The van der Waals surface area contributed by atoms with Crippen LogP contribution in [0.1, 0.15) is 41.0 Å². The van der Waals surface area contributed by atoms with Crippen LogP contribution in [0.25, 0.3) is 10.9 Å². The van der Waals surface area contributed by atoms with Crippen LogP contribution < -0.4 is 5.56 Å². The van der Waals surface area contributed by atoms with Crippen LogP contribution in [0.15, 0.2) is 76.5 Å². The van der Waals surface area contributed by atoms with Crippen molar-refractivity contribution in [1.29, 1.82) is 0 Å². The number of aliphatic hydroxyl groups is 1. The SMILES string of the molecule is Cc1cc(F)ccc1C1=NCCC(O)(C(c2ccc(Cl)cc2)c2cc3cc(Cl)ccc3[nH]c2=O)C1. The Morgan fingerprint density at radius 1 is 1.03 bits per heavy atom. The molecule has 0 saturated heterocycles. The maximum Gasteiger partial charge on any atom is 0.252 e. The Kier molecular flexibility index (Phi) is 6.26. The molecule has 0 saturated carbocycles. The number of pyridine rings is 1. The Labute approximate surface area is 212 Å². The second-order valence-corrected chi connectivity index (χ2v) is 9.96. The molecule has 5 rings (SSSR count). The van der Waals surface area contributed by atoms with Crippen molar-refractivity contribution < 1.29 is 9.50 Å². The summed E-state index contributed by atoms with van der Waals surface area (Å²) in [4.78, 5) is 20.9. The number of hydrogen-bond donors (Lipinski definition) is 2. The molecule has 0 radical (unpaired) electrons. The lowest BCUT2D eigenvalue weighted by Gasteiger charge is -2.39. The molecule has 2 unspecified atom stereocenters. The van der Waals surface area contributed by atoms with Crippen molar-refractivity contribution in [2.75, 3.05) is 6.54 Å². The topological polar surface area (TPSA) is 65.5 Å². The highest BCUT2D eigenvalue weighted by atomic mass is 35.5. The number of aromatic amines is 1. The van der Waals surface area contributed by atoms with E-state index in [1.165, 1.54) is 12.1 Å². The molecule has 2 heterocycles. The number of nitrogens with zero attached hydrogens (tertiary/aromatic N) is 1. The highest BCUT2D eigenvalue weighted by Crippen LogP contribution is 2.42. The average molecular weight is 509 g/mol. The van der Waals surface area contributed by atoms with Gasteiger partial charge in [-0.1, -0.05) is 35.3 Å². The molecule has 1 aromatic heterocycles. The number of benzene rings is 3. The number of H-pyrrole nitrogens is 1. The quantitative estimate of drug-likeness (QED) is 0.333. The smallest absolute Gasteiger partial charge is 0.252 e. The van der Waals surface area contributed by atoms with E-state index in [0.29, 0.717) is 39.8 Å². The van der Waals surface area contributed by atoms with Gasteiger partial charge in [0.2, 0.25) is 0 Å². The van der Waals surface area contributed by atoms with E-state index in [-0.39, 0.29) is 17.8 Å². The zero-order valence-electron chi connectivity index (χ0n) is 19.0. The summed E-state index contributed by atoms with van der Waals surface area (Å²) in [5, 5.41) is 14.1. The Bertz CT molecular complexity index is 1510. The lowest BCUT2D eigenvalue weighted by molar-refractivity contribution is 0.0207. The van der Waals surface area contributed by atoms with E-state index < -0.39 is 11.5 Å². The standard InChI is InChI=1S/C28H23Cl2FN2O2/c1-16-12-21(31)7-8-22(16)25-15-28(35,10-11-32-25)26(17-2-4-19(29)5-3-17)23-14-18-13-20(30)6-9-24(18)33-27(23)34/h2-9,12-14,26,35H,10-11,15H2,1H3,(H,33,34). The van der Waals surface area contributed by atoms with Crippen LogP contribution in [-0.4, -0.2) is 27.9 Å². The fourth-order valence-electron chi connectivity index (χ4n) is 5.04. The summed E-state index contributed by atoms with van der Waals surface area (Å²) in [7, 11) is 0. The van der Waals surface area contributed by atoms with E-state index in [9.17, 15) is 14.3 Å². The summed E-state index contributed by atoms with van der Waals surface area (Å²) in [6, 6.07) is 18.8.